The Morgan fingerprint density at radius 1 is 1.64 bits per heavy atom. The van der Waals surface area contributed by atoms with Gasteiger partial charge in [-0.25, -0.2) is 0 Å². The van der Waals surface area contributed by atoms with Gasteiger partial charge in [0.1, 0.15) is 0 Å². The molecule has 0 heterocycles. The second-order valence-corrected chi connectivity index (χ2v) is 3.53. The highest BCUT2D eigenvalue weighted by molar-refractivity contribution is 5.95. The van der Waals surface area contributed by atoms with E-state index in [0.717, 1.165) is 5.92 Å². The number of hydrazone groups is 1. The van der Waals surface area contributed by atoms with E-state index in [1.165, 1.54) is 18.6 Å². The van der Waals surface area contributed by atoms with Gasteiger partial charge >= 0.3 is 0 Å². The molecule has 2 rings (SSSR count). The highest BCUT2D eigenvalue weighted by Crippen LogP contribution is 2.43. The van der Waals surface area contributed by atoms with Gasteiger partial charge in [-0.3, -0.25) is 0 Å². The van der Waals surface area contributed by atoms with Gasteiger partial charge in [0.25, 0.3) is 0 Å². The number of hydrogen-bond donors (Lipinski definition) is 1. The zero-order valence-electron chi connectivity index (χ0n) is 6.83. The summed E-state index contributed by atoms with van der Waals surface area (Å²) in [5.41, 5.74) is 1.24. The van der Waals surface area contributed by atoms with Gasteiger partial charge in [-0.05, 0) is 18.8 Å². The average molecular weight is 150 g/mol. The van der Waals surface area contributed by atoms with Crippen molar-refractivity contribution in [1.29, 1.82) is 0 Å². The molecule has 3 unspecified atom stereocenters. The van der Waals surface area contributed by atoms with Crippen LogP contribution < -0.4 is 5.84 Å². The second-order valence-electron chi connectivity index (χ2n) is 3.53. The summed E-state index contributed by atoms with van der Waals surface area (Å²) in [6.07, 6.45) is 7.06. The van der Waals surface area contributed by atoms with Crippen molar-refractivity contribution in [2.45, 2.75) is 19.8 Å². The number of rotatable bonds is 0. The molecule has 0 saturated heterocycles. The maximum atomic E-state index is 5.30. The predicted molar refractivity (Wildman–Crippen MR) is 46.1 cm³/mol. The SMILES string of the molecule is CC1/C(=N\N)C2CCC=CC12. The van der Waals surface area contributed by atoms with E-state index in [0.29, 0.717) is 11.8 Å². The van der Waals surface area contributed by atoms with Gasteiger partial charge in [-0.1, -0.05) is 19.1 Å². The Kier molecular flexibility index (Phi) is 1.48. The number of fused-ring (bicyclic) bond motifs is 1. The van der Waals surface area contributed by atoms with Crippen molar-refractivity contribution in [1.82, 2.24) is 0 Å². The van der Waals surface area contributed by atoms with Crippen molar-refractivity contribution >= 4 is 5.71 Å². The van der Waals surface area contributed by atoms with Crippen LogP contribution in [0.15, 0.2) is 17.3 Å². The fourth-order valence-corrected chi connectivity index (χ4v) is 2.35. The van der Waals surface area contributed by atoms with E-state index in [1.54, 1.807) is 0 Å². The van der Waals surface area contributed by atoms with Crippen molar-refractivity contribution < 1.29 is 0 Å². The van der Waals surface area contributed by atoms with Crippen molar-refractivity contribution in [3.05, 3.63) is 12.2 Å². The van der Waals surface area contributed by atoms with Gasteiger partial charge in [0.2, 0.25) is 0 Å². The molecule has 2 heteroatoms. The molecule has 0 aromatic heterocycles. The Hall–Kier alpha value is -0.790. The Labute approximate surface area is 67.2 Å². The Bertz CT molecular complexity index is 218. The fourth-order valence-electron chi connectivity index (χ4n) is 2.35. The quantitative estimate of drug-likeness (QED) is 0.317. The van der Waals surface area contributed by atoms with Crippen LogP contribution in [-0.4, -0.2) is 5.71 Å². The Morgan fingerprint density at radius 2 is 2.45 bits per heavy atom. The van der Waals surface area contributed by atoms with E-state index in [4.69, 9.17) is 5.84 Å². The molecule has 0 aromatic carbocycles. The van der Waals surface area contributed by atoms with Gasteiger partial charge in [0, 0.05) is 17.5 Å². The molecular formula is C9H14N2. The van der Waals surface area contributed by atoms with E-state index in [9.17, 15) is 0 Å². The predicted octanol–water partition coefficient (Wildman–Crippen LogP) is 1.53. The summed E-state index contributed by atoms with van der Waals surface area (Å²) in [7, 11) is 0. The van der Waals surface area contributed by atoms with Crippen molar-refractivity contribution in [3.63, 3.8) is 0 Å². The molecule has 0 spiro atoms. The largest absolute Gasteiger partial charge is 0.323 e. The maximum absolute atomic E-state index is 5.30. The second kappa shape index (κ2) is 2.36. The first kappa shape index (κ1) is 6.89. The van der Waals surface area contributed by atoms with Gasteiger partial charge in [-0.15, -0.1) is 0 Å². The molecule has 0 aliphatic heterocycles. The summed E-state index contributed by atoms with van der Waals surface area (Å²) in [5.74, 6) is 7.32. The van der Waals surface area contributed by atoms with E-state index in [1.807, 2.05) is 0 Å². The summed E-state index contributed by atoms with van der Waals surface area (Å²) in [5, 5.41) is 3.84. The average Bonchev–Trinajstić information content (AvgIpc) is 2.05. The first-order valence-electron chi connectivity index (χ1n) is 4.29. The molecule has 2 aliphatic carbocycles. The molecular weight excluding hydrogens is 136 g/mol. The van der Waals surface area contributed by atoms with Crippen LogP contribution in [0.1, 0.15) is 19.8 Å². The molecule has 0 amide bonds. The molecule has 3 atom stereocenters. The Morgan fingerprint density at radius 3 is 3.18 bits per heavy atom. The highest BCUT2D eigenvalue weighted by Gasteiger charge is 2.43. The van der Waals surface area contributed by atoms with Crippen LogP contribution in [0.3, 0.4) is 0 Å². The minimum absolute atomic E-state index is 0.599. The number of hydrogen-bond acceptors (Lipinski definition) is 2. The van der Waals surface area contributed by atoms with E-state index < -0.39 is 0 Å². The van der Waals surface area contributed by atoms with Gasteiger partial charge in [-0.2, -0.15) is 5.10 Å². The lowest BCUT2D eigenvalue weighted by Crippen LogP contribution is -2.46. The monoisotopic (exact) mass is 150 g/mol. The lowest BCUT2D eigenvalue weighted by molar-refractivity contribution is 0.307. The third kappa shape index (κ3) is 0.817. The normalized spacial score (nSPS) is 45.2. The zero-order chi connectivity index (χ0) is 7.84. The minimum Gasteiger partial charge on any atom is -0.323 e. The summed E-state index contributed by atoms with van der Waals surface area (Å²) >= 11 is 0. The number of nitrogens with two attached hydrogens (primary N) is 1. The minimum atomic E-state index is 0.599. The van der Waals surface area contributed by atoms with Crippen LogP contribution in [0.2, 0.25) is 0 Å². The van der Waals surface area contributed by atoms with Crippen LogP contribution in [-0.2, 0) is 0 Å². The van der Waals surface area contributed by atoms with Crippen LogP contribution in [0.25, 0.3) is 0 Å². The topological polar surface area (TPSA) is 38.4 Å². The molecule has 0 bridgehead atoms. The van der Waals surface area contributed by atoms with Crippen LogP contribution >= 0.6 is 0 Å². The summed E-state index contributed by atoms with van der Waals surface area (Å²) in [4.78, 5) is 0. The number of nitrogens with zero attached hydrogens (tertiary/aromatic N) is 1. The smallest absolute Gasteiger partial charge is 0.0447 e. The lowest BCUT2D eigenvalue weighted by atomic mass is 9.60. The van der Waals surface area contributed by atoms with Crippen LogP contribution in [0.4, 0.5) is 0 Å². The first-order valence-corrected chi connectivity index (χ1v) is 4.29. The van der Waals surface area contributed by atoms with Gasteiger partial charge in [0.05, 0.1) is 0 Å². The molecule has 1 fully saturated rings. The molecule has 2 N–H and O–H groups in total. The van der Waals surface area contributed by atoms with Crippen molar-refractivity contribution in [2.75, 3.05) is 0 Å². The van der Waals surface area contributed by atoms with Crippen molar-refractivity contribution in [3.8, 4) is 0 Å². The highest BCUT2D eigenvalue weighted by atomic mass is 15.1. The van der Waals surface area contributed by atoms with Gasteiger partial charge in [0.15, 0.2) is 0 Å². The van der Waals surface area contributed by atoms with Crippen LogP contribution in [0.5, 0.6) is 0 Å². The third-order valence-electron chi connectivity index (χ3n) is 3.04. The molecule has 2 aliphatic rings. The molecule has 11 heavy (non-hydrogen) atoms. The van der Waals surface area contributed by atoms with Crippen LogP contribution in [0, 0.1) is 17.8 Å². The fraction of sp³-hybridized carbons (Fsp3) is 0.667. The van der Waals surface area contributed by atoms with Crippen molar-refractivity contribution in [2.24, 2.45) is 28.7 Å². The summed E-state index contributed by atoms with van der Waals surface area (Å²) in [6, 6.07) is 0. The zero-order valence-corrected chi connectivity index (χ0v) is 6.83. The molecule has 0 radical (unpaired) electrons. The third-order valence-corrected chi connectivity index (χ3v) is 3.04. The molecule has 60 valence electrons. The van der Waals surface area contributed by atoms with E-state index >= 15 is 0 Å². The summed E-state index contributed by atoms with van der Waals surface area (Å²) in [6.45, 7) is 2.21. The number of allylic oxidation sites excluding steroid dienone is 2. The van der Waals surface area contributed by atoms with Gasteiger partial charge < -0.3 is 5.84 Å². The molecule has 1 saturated carbocycles. The molecule has 2 nitrogen and oxygen atoms in total. The van der Waals surface area contributed by atoms with E-state index in [-0.39, 0.29) is 0 Å². The standard InChI is InChI=1S/C9H14N2/c1-6-7-4-2-3-5-8(7)9(6)11-10/h2,4,6-8H,3,5,10H2,1H3/b11-9+. The summed E-state index contributed by atoms with van der Waals surface area (Å²) < 4.78 is 0. The molecule has 0 aromatic rings. The lowest BCUT2D eigenvalue weighted by Gasteiger charge is -2.44. The Balaban J connectivity index is 2.19. The maximum Gasteiger partial charge on any atom is 0.0447 e. The first-order chi connectivity index (χ1) is 5.34. The van der Waals surface area contributed by atoms with E-state index in [2.05, 4.69) is 24.2 Å².